The summed E-state index contributed by atoms with van der Waals surface area (Å²) in [5.41, 5.74) is -2.30. The van der Waals surface area contributed by atoms with Crippen molar-refractivity contribution in [1.29, 1.82) is 0 Å². The molecule has 8 atom stereocenters. The fourth-order valence-electron chi connectivity index (χ4n) is 7.17. The van der Waals surface area contributed by atoms with Crippen molar-refractivity contribution in [3.63, 3.8) is 0 Å². The van der Waals surface area contributed by atoms with E-state index in [9.17, 15) is 24.6 Å². The van der Waals surface area contributed by atoms with Gasteiger partial charge < -0.3 is 24.5 Å². The van der Waals surface area contributed by atoms with Gasteiger partial charge in [0, 0.05) is 24.2 Å². The largest absolute Gasteiger partial charge is 0.464 e. The Morgan fingerprint density at radius 2 is 2.03 bits per heavy atom. The number of fused-ring (bicyclic) bond motifs is 2. The Morgan fingerprint density at radius 1 is 1.34 bits per heavy atom. The molecule has 7 heteroatoms. The van der Waals surface area contributed by atoms with Gasteiger partial charge in [-0.15, -0.1) is 0 Å². The molecular formula is C22H30O7. The predicted octanol–water partition coefficient (Wildman–Crippen LogP) is 1.40. The summed E-state index contributed by atoms with van der Waals surface area (Å²) < 4.78 is 11.3. The van der Waals surface area contributed by atoms with Gasteiger partial charge in [0.1, 0.15) is 24.4 Å². The zero-order valence-electron chi connectivity index (χ0n) is 17.2. The smallest absolute Gasteiger partial charge is 0.316 e. The lowest BCUT2D eigenvalue weighted by molar-refractivity contribution is -0.263. The SMILES string of the molecule is C=C1C2CC(O)C3C(C2)(C(=O)OCC32C(O)CCC(C)(C)C2C=O)C1OC(C)=O. The van der Waals surface area contributed by atoms with Gasteiger partial charge in [0.25, 0.3) is 0 Å². The lowest BCUT2D eigenvalue weighted by Gasteiger charge is -2.63. The Kier molecular flexibility index (Phi) is 4.52. The molecule has 4 aliphatic rings. The summed E-state index contributed by atoms with van der Waals surface area (Å²) in [5, 5.41) is 22.5. The van der Waals surface area contributed by atoms with Crippen LogP contribution >= 0.6 is 0 Å². The molecule has 0 aromatic heterocycles. The van der Waals surface area contributed by atoms with E-state index >= 15 is 0 Å². The van der Waals surface area contributed by atoms with Gasteiger partial charge in [-0.3, -0.25) is 9.59 Å². The Hall–Kier alpha value is -1.73. The Labute approximate surface area is 170 Å². The first-order chi connectivity index (χ1) is 13.5. The number of ether oxygens (including phenoxy) is 2. The second kappa shape index (κ2) is 6.38. The first-order valence-electron chi connectivity index (χ1n) is 10.4. The number of aliphatic hydroxyl groups excluding tert-OH is 2. The maximum atomic E-state index is 13.2. The first kappa shape index (κ1) is 20.5. The number of esters is 2. The number of aldehydes is 1. The molecule has 7 nitrogen and oxygen atoms in total. The van der Waals surface area contributed by atoms with E-state index in [1.807, 2.05) is 13.8 Å². The minimum atomic E-state index is -1.33. The summed E-state index contributed by atoms with van der Waals surface area (Å²) in [7, 11) is 0. The van der Waals surface area contributed by atoms with E-state index < -0.39 is 58.3 Å². The third kappa shape index (κ3) is 2.46. The number of carbonyl (C=O) groups excluding carboxylic acids is 3. The molecular weight excluding hydrogens is 376 g/mol. The first-order valence-corrected chi connectivity index (χ1v) is 10.4. The molecule has 2 bridgehead atoms. The highest BCUT2D eigenvalue weighted by atomic mass is 16.6. The van der Waals surface area contributed by atoms with E-state index in [1.165, 1.54) is 6.92 Å². The van der Waals surface area contributed by atoms with Crippen LogP contribution in [0.2, 0.25) is 0 Å². The van der Waals surface area contributed by atoms with Crippen molar-refractivity contribution in [3.8, 4) is 0 Å². The molecule has 1 heterocycles. The number of hydrogen-bond acceptors (Lipinski definition) is 7. The van der Waals surface area contributed by atoms with Crippen molar-refractivity contribution in [1.82, 2.24) is 0 Å². The number of aliphatic hydroxyl groups is 2. The maximum absolute atomic E-state index is 13.2. The zero-order valence-corrected chi connectivity index (χ0v) is 17.2. The van der Waals surface area contributed by atoms with E-state index in [0.717, 1.165) is 6.29 Å². The van der Waals surface area contributed by atoms with E-state index in [0.29, 0.717) is 31.3 Å². The summed E-state index contributed by atoms with van der Waals surface area (Å²) in [6.07, 6.45) is -0.159. The normalized spacial score (nSPS) is 48.0. The van der Waals surface area contributed by atoms with Crippen LogP contribution in [0, 0.1) is 34.0 Å². The lowest BCUT2D eigenvalue weighted by atomic mass is 9.43. The topological polar surface area (TPSA) is 110 Å². The van der Waals surface area contributed by atoms with Gasteiger partial charge in [-0.25, -0.2) is 0 Å². The highest BCUT2D eigenvalue weighted by Crippen LogP contribution is 2.69. The number of rotatable bonds is 2. The van der Waals surface area contributed by atoms with Crippen molar-refractivity contribution in [2.75, 3.05) is 6.61 Å². The summed E-state index contributed by atoms with van der Waals surface area (Å²) in [5.74, 6) is -2.65. The highest BCUT2D eigenvalue weighted by molar-refractivity contribution is 5.83. The molecule has 2 spiro atoms. The van der Waals surface area contributed by atoms with Gasteiger partial charge in [-0.2, -0.15) is 0 Å². The van der Waals surface area contributed by atoms with E-state index in [1.54, 1.807) is 0 Å². The summed E-state index contributed by atoms with van der Waals surface area (Å²) in [4.78, 5) is 37.5. The van der Waals surface area contributed by atoms with Crippen LogP contribution in [-0.4, -0.2) is 53.4 Å². The molecule has 3 aliphatic carbocycles. The molecule has 29 heavy (non-hydrogen) atoms. The van der Waals surface area contributed by atoms with Gasteiger partial charge in [-0.05, 0) is 42.6 Å². The van der Waals surface area contributed by atoms with Crippen LogP contribution in [0.3, 0.4) is 0 Å². The van der Waals surface area contributed by atoms with Crippen LogP contribution < -0.4 is 0 Å². The molecule has 1 aliphatic heterocycles. The summed E-state index contributed by atoms with van der Waals surface area (Å²) in [6, 6.07) is 0. The van der Waals surface area contributed by atoms with Crippen molar-refractivity contribution in [3.05, 3.63) is 12.2 Å². The number of hydrogen-bond donors (Lipinski definition) is 2. The van der Waals surface area contributed by atoms with E-state index in [2.05, 4.69) is 6.58 Å². The van der Waals surface area contributed by atoms with Gasteiger partial charge >= 0.3 is 11.9 Å². The molecule has 1 saturated heterocycles. The van der Waals surface area contributed by atoms with Crippen molar-refractivity contribution >= 4 is 18.2 Å². The van der Waals surface area contributed by atoms with Gasteiger partial charge in [0.15, 0.2) is 0 Å². The van der Waals surface area contributed by atoms with E-state index in [-0.39, 0.29) is 12.5 Å². The zero-order chi connectivity index (χ0) is 21.4. The number of cyclic esters (lactones) is 1. The van der Waals surface area contributed by atoms with Crippen molar-refractivity contribution in [2.45, 2.75) is 64.8 Å². The maximum Gasteiger partial charge on any atom is 0.316 e. The van der Waals surface area contributed by atoms with E-state index in [4.69, 9.17) is 9.47 Å². The molecule has 160 valence electrons. The molecule has 0 amide bonds. The highest BCUT2D eigenvalue weighted by Gasteiger charge is 2.76. The third-order valence-electron chi connectivity index (χ3n) is 8.31. The molecule has 4 fully saturated rings. The molecule has 0 radical (unpaired) electrons. The fourth-order valence-corrected chi connectivity index (χ4v) is 7.17. The lowest BCUT2D eigenvalue weighted by Crippen LogP contribution is -2.71. The molecule has 0 aromatic rings. The predicted molar refractivity (Wildman–Crippen MR) is 101 cm³/mol. The third-order valence-corrected chi connectivity index (χ3v) is 8.31. The van der Waals surface area contributed by atoms with Gasteiger partial charge in [0.2, 0.25) is 0 Å². The standard InChI is InChI=1S/C22H30O7/c1-11-13-7-14(25)17-21(8-13,18(11)29-12(2)24)19(27)28-10-22(17)15(9-23)20(3,4)6-5-16(22)26/h9,13-18,25-26H,1,5-8,10H2,2-4H3. The van der Waals surface area contributed by atoms with Crippen LogP contribution in [-0.2, 0) is 23.9 Å². The average Bonchev–Trinajstić information content (AvgIpc) is 2.84. The molecule has 4 rings (SSSR count). The minimum absolute atomic E-state index is 0.132. The molecule has 3 saturated carbocycles. The Morgan fingerprint density at radius 3 is 2.66 bits per heavy atom. The molecule has 8 unspecified atom stereocenters. The average molecular weight is 406 g/mol. The second-order valence-electron chi connectivity index (χ2n) is 10.1. The van der Waals surface area contributed by atoms with Crippen LogP contribution in [0.25, 0.3) is 0 Å². The van der Waals surface area contributed by atoms with Crippen LogP contribution in [0.1, 0.15) is 46.5 Å². The van der Waals surface area contributed by atoms with Crippen molar-refractivity contribution in [2.24, 2.45) is 34.0 Å². The molecule has 2 N–H and O–H groups in total. The second-order valence-corrected chi connectivity index (χ2v) is 10.1. The minimum Gasteiger partial charge on any atom is -0.464 e. The quantitative estimate of drug-likeness (QED) is 0.405. The van der Waals surface area contributed by atoms with Gasteiger partial charge in [-0.1, -0.05) is 20.4 Å². The monoisotopic (exact) mass is 406 g/mol. The Balaban J connectivity index is 1.94. The van der Waals surface area contributed by atoms with Crippen LogP contribution in [0.5, 0.6) is 0 Å². The fraction of sp³-hybridized carbons (Fsp3) is 0.773. The van der Waals surface area contributed by atoms with Crippen molar-refractivity contribution < 1.29 is 34.1 Å². The van der Waals surface area contributed by atoms with Crippen LogP contribution in [0.15, 0.2) is 12.2 Å². The Bertz CT molecular complexity index is 773. The summed E-state index contributed by atoms with van der Waals surface area (Å²) in [6.45, 7) is 9.16. The summed E-state index contributed by atoms with van der Waals surface area (Å²) >= 11 is 0. The number of carbonyl (C=O) groups is 3. The molecule has 0 aromatic carbocycles. The van der Waals surface area contributed by atoms with Gasteiger partial charge in [0.05, 0.1) is 12.2 Å². The van der Waals surface area contributed by atoms with Crippen LogP contribution in [0.4, 0.5) is 0 Å².